The fraction of sp³-hybridized carbons (Fsp3) is 0.381. The van der Waals surface area contributed by atoms with E-state index in [1.54, 1.807) is 7.11 Å². The maximum atomic E-state index is 12.5. The third-order valence-electron chi connectivity index (χ3n) is 4.76. The molecule has 2 atom stereocenters. The van der Waals surface area contributed by atoms with E-state index in [9.17, 15) is 4.79 Å². The molecule has 0 bridgehead atoms. The lowest BCUT2D eigenvalue weighted by Crippen LogP contribution is -2.39. The lowest BCUT2D eigenvalue weighted by atomic mass is 10.0. The van der Waals surface area contributed by atoms with Gasteiger partial charge in [-0.3, -0.25) is 4.79 Å². The van der Waals surface area contributed by atoms with Crippen molar-refractivity contribution in [3.05, 3.63) is 59.7 Å². The van der Waals surface area contributed by atoms with Crippen LogP contribution >= 0.6 is 0 Å². The first-order chi connectivity index (χ1) is 12.7. The summed E-state index contributed by atoms with van der Waals surface area (Å²) in [5.41, 5.74) is 9.55. The monoisotopic (exact) mass is 353 g/mol. The number of aryl methyl sites for hydroxylation is 1. The third-order valence-corrected chi connectivity index (χ3v) is 4.76. The van der Waals surface area contributed by atoms with Crippen molar-refractivity contribution in [1.29, 1.82) is 0 Å². The molecule has 138 valence electrons. The first kappa shape index (κ1) is 18.4. The first-order valence-corrected chi connectivity index (χ1v) is 9.24. The van der Waals surface area contributed by atoms with Gasteiger partial charge in [0.15, 0.2) is 0 Å². The zero-order chi connectivity index (χ0) is 18.4. The van der Waals surface area contributed by atoms with Gasteiger partial charge in [0.25, 0.3) is 0 Å². The van der Waals surface area contributed by atoms with Gasteiger partial charge in [-0.05, 0) is 54.7 Å². The summed E-state index contributed by atoms with van der Waals surface area (Å²) in [6.07, 6.45) is 4.15. The minimum absolute atomic E-state index is 0.0239. The van der Waals surface area contributed by atoms with Gasteiger partial charge >= 0.3 is 0 Å². The minimum Gasteiger partial charge on any atom is -0.497 e. The quantitative estimate of drug-likeness (QED) is 0.712. The summed E-state index contributed by atoms with van der Waals surface area (Å²) < 4.78 is 5.27. The van der Waals surface area contributed by atoms with Crippen molar-refractivity contribution in [3.63, 3.8) is 0 Å². The fourth-order valence-corrected chi connectivity index (χ4v) is 3.17. The molecule has 0 saturated carbocycles. The summed E-state index contributed by atoms with van der Waals surface area (Å²) in [5.74, 6) is 0.796. The van der Waals surface area contributed by atoms with Crippen molar-refractivity contribution in [2.24, 2.45) is 0 Å². The van der Waals surface area contributed by atoms with Gasteiger partial charge in [-0.25, -0.2) is 10.9 Å². The van der Waals surface area contributed by atoms with Crippen LogP contribution in [0.25, 0.3) is 0 Å². The number of benzene rings is 2. The molecule has 1 amide bonds. The highest BCUT2D eigenvalue weighted by molar-refractivity contribution is 5.95. The summed E-state index contributed by atoms with van der Waals surface area (Å²) >= 11 is 0. The van der Waals surface area contributed by atoms with E-state index >= 15 is 0 Å². The summed E-state index contributed by atoms with van der Waals surface area (Å²) in [6, 6.07) is 15.9. The molecule has 1 heterocycles. The van der Waals surface area contributed by atoms with Crippen molar-refractivity contribution in [3.8, 4) is 5.75 Å². The summed E-state index contributed by atoms with van der Waals surface area (Å²) in [4.78, 5) is 12.5. The predicted octanol–water partition coefficient (Wildman–Crippen LogP) is 3.58. The number of rotatable bonds is 7. The Balaban J connectivity index is 1.55. The number of methoxy groups -OCH3 is 1. The number of anilines is 1. The number of hydrazine groups is 1. The van der Waals surface area contributed by atoms with Crippen LogP contribution in [0.5, 0.6) is 5.75 Å². The number of nitrogens with one attached hydrogen (secondary N) is 3. The molecular weight excluding hydrogens is 326 g/mol. The Bertz CT molecular complexity index is 730. The van der Waals surface area contributed by atoms with Crippen LogP contribution in [0, 0.1) is 0 Å². The molecule has 3 N–H and O–H groups in total. The van der Waals surface area contributed by atoms with Crippen molar-refractivity contribution in [2.45, 2.75) is 44.7 Å². The van der Waals surface area contributed by atoms with Crippen LogP contribution in [0.4, 0.5) is 5.69 Å². The first-order valence-electron chi connectivity index (χ1n) is 9.24. The maximum Gasteiger partial charge on any atom is 0.242 e. The molecule has 3 rings (SSSR count). The molecule has 2 unspecified atom stereocenters. The van der Waals surface area contributed by atoms with E-state index in [2.05, 4.69) is 35.2 Å². The molecule has 0 aliphatic carbocycles. The van der Waals surface area contributed by atoms with E-state index in [4.69, 9.17) is 4.74 Å². The normalized spacial score (nSPS) is 19.3. The Morgan fingerprint density at radius 2 is 2.00 bits per heavy atom. The van der Waals surface area contributed by atoms with Gasteiger partial charge in [0.05, 0.1) is 7.11 Å². The van der Waals surface area contributed by atoms with Crippen LogP contribution in [0.1, 0.15) is 43.4 Å². The molecule has 2 aromatic carbocycles. The Morgan fingerprint density at radius 1 is 1.19 bits per heavy atom. The van der Waals surface area contributed by atoms with Crippen molar-refractivity contribution < 1.29 is 9.53 Å². The SMILES string of the molecule is CCCCc1ccc(NC(=O)C2CC(c3cccc(OC)c3)NN2)cc1. The topological polar surface area (TPSA) is 62.4 Å². The number of amides is 1. The van der Waals surface area contributed by atoms with Gasteiger partial charge in [-0.2, -0.15) is 0 Å². The van der Waals surface area contributed by atoms with Crippen LogP contribution in [-0.2, 0) is 11.2 Å². The molecule has 2 aromatic rings. The molecule has 5 heteroatoms. The average molecular weight is 353 g/mol. The van der Waals surface area contributed by atoms with E-state index in [0.29, 0.717) is 6.42 Å². The van der Waals surface area contributed by atoms with Crippen LogP contribution in [0.3, 0.4) is 0 Å². The summed E-state index contributed by atoms with van der Waals surface area (Å²) in [5, 5.41) is 3.00. The third kappa shape index (κ3) is 4.62. The number of carbonyl (C=O) groups excluding carboxylic acids is 1. The van der Waals surface area contributed by atoms with E-state index in [1.807, 2.05) is 36.4 Å². The van der Waals surface area contributed by atoms with Crippen LogP contribution in [0.2, 0.25) is 0 Å². The van der Waals surface area contributed by atoms with Crippen LogP contribution in [-0.4, -0.2) is 19.1 Å². The molecule has 1 aliphatic heterocycles. The van der Waals surface area contributed by atoms with Crippen LogP contribution < -0.4 is 20.9 Å². The molecular formula is C21H27N3O2. The Hall–Kier alpha value is -2.37. The van der Waals surface area contributed by atoms with Gasteiger partial charge in [0, 0.05) is 11.7 Å². The Labute approximate surface area is 155 Å². The molecule has 0 aromatic heterocycles. The predicted molar refractivity (Wildman–Crippen MR) is 104 cm³/mol. The van der Waals surface area contributed by atoms with Crippen molar-refractivity contribution in [1.82, 2.24) is 10.9 Å². The summed E-state index contributed by atoms with van der Waals surface area (Å²) in [7, 11) is 1.66. The molecule has 1 fully saturated rings. The second-order valence-electron chi connectivity index (χ2n) is 6.70. The zero-order valence-corrected chi connectivity index (χ0v) is 15.4. The molecule has 26 heavy (non-hydrogen) atoms. The lowest BCUT2D eigenvalue weighted by molar-refractivity contribution is -0.117. The summed E-state index contributed by atoms with van der Waals surface area (Å²) in [6.45, 7) is 2.19. The fourth-order valence-electron chi connectivity index (χ4n) is 3.17. The number of hydrogen-bond acceptors (Lipinski definition) is 4. The van der Waals surface area contributed by atoms with Gasteiger partial charge in [0.1, 0.15) is 11.8 Å². The molecule has 5 nitrogen and oxygen atoms in total. The number of carbonyl (C=O) groups is 1. The minimum atomic E-state index is -0.272. The highest BCUT2D eigenvalue weighted by Crippen LogP contribution is 2.25. The number of hydrogen-bond donors (Lipinski definition) is 3. The maximum absolute atomic E-state index is 12.5. The Kier molecular flexibility index (Phi) is 6.26. The molecule has 1 aliphatic rings. The van der Waals surface area contributed by atoms with Gasteiger partial charge in [0.2, 0.25) is 5.91 Å². The van der Waals surface area contributed by atoms with Crippen molar-refractivity contribution in [2.75, 3.05) is 12.4 Å². The van der Waals surface area contributed by atoms with Crippen LogP contribution in [0.15, 0.2) is 48.5 Å². The number of ether oxygens (including phenoxy) is 1. The lowest BCUT2D eigenvalue weighted by Gasteiger charge is -2.12. The zero-order valence-electron chi connectivity index (χ0n) is 15.4. The number of unbranched alkanes of at least 4 members (excludes halogenated alkanes) is 1. The van der Waals surface area contributed by atoms with E-state index < -0.39 is 0 Å². The van der Waals surface area contributed by atoms with Crippen molar-refractivity contribution >= 4 is 11.6 Å². The molecule has 0 spiro atoms. The smallest absolute Gasteiger partial charge is 0.242 e. The van der Waals surface area contributed by atoms with E-state index in [0.717, 1.165) is 23.4 Å². The second-order valence-corrected chi connectivity index (χ2v) is 6.70. The standard InChI is InChI=1S/C21H27N3O2/c1-3-4-6-15-9-11-17(12-10-15)22-21(25)20-14-19(23-24-20)16-7-5-8-18(13-16)26-2/h5,7-13,19-20,23-24H,3-4,6,14H2,1-2H3,(H,22,25). The van der Waals surface area contributed by atoms with Gasteiger partial charge in [-0.15, -0.1) is 0 Å². The van der Waals surface area contributed by atoms with E-state index in [1.165, 1.54) is 18.4 Å². The molecule has 1 saturated heterocycles. The highest BCUT2D eigenvalue weighted by Gasteiger charge is 2.30. The average Bonchev–Trinajstić information content (AvgIpc) is 3.18. The second kappa shape index (κ2) is 8.83. The highest BCUT2D eigenvalue weighted by atomic mass is 16.5. The van der Waals surface area contributed by atoms with Gasteiger partial charge in [-0.1, -0.05) is 37.6 Å². The molecule has 0 radical (unpaired) electrons. The van der Waals surface area contributed by atoms with E-state index in [-0.39, 0.29) is 18.0 Å². The largest absolute Gasteiger partial charge is 0.497 e. The van der Waals surface area contributed by atoms with Gasteiger partial charge < -0.3 is 10.1 Å². The Morgan fingerprint density at radius 3 is 2.73 bits per heavy atom.